The maximum absolute atomic E-state index is 12.2. The first-order valence-corrected chi connectivity index (χ1v) is 8.83. The Labute approximate surface area is 125 Å². The van der Waals surface area contributed by atoms with Crippen molar-refractivity contribution >= 4 is 21.7 Å². The van der Waals surface area contributed by atoms with Gasteiger partial charge in [0.25, 0.3) is 0 Å². The van der Waals surface area contributed by atoms with Gasteiger partial charge in [0.1, 0.15) is 5.82 Å². The number of carbonyl (C=O) groups is 1. The molecule has 1 aromatic heterocycles. The molecule has 1 saturated heterocycles. The number of rotatable bonds is 5. The zero-order valence-electron chi connectivity index (χ0n) is 12.2. The Morgan fingerprint density at radius 2 is 2.29 bits per heavy atom. The van der Waals surface area contributed by atoms with Gasteiger partial charge in [0.2, 0.25) is 15.9 Å². The predicted molar refractivity (Wildman–Crippen MR) is 81.2 cm³/mol. The van der Waals surface area contributed by atoms with Gasteiger partial charge in [-0.15, -0.1) is 0 Å². The highest BCUT2D eigenvalue weighted by Gasteiger charge is 2.31. The van der Waals surface area contributed by atoms with E-state index < -0.39 is 10.0 Å². The van der Waals surface area contributed by atoms with Gasteiger partial charge < -0.3 is 5.32 Å². The molecule has 0 bridgehead atoms. The Morgan fingerprint density at radius 3 is 2.95 bits per heavy atom. The summed E-state index contributed by atoms with van der Waals surface area (Å²) in [5.41, 5.74) is 0. The first kappa shape index (κ1) is 15.9. The number of sulfonamides is 1. The molecule has 2 rings (SSSR count). The summed E-state index contributed by atoms with van der Waals surface area (Å²) in [4.78, 5) is 16.3. The van der Waals surface area contributed by atoms with E-state index in [0.29, 0.717) is 31.6 Å². The number of nitrogens with zero attached hydrogens (tertiary/aromatic N) is 2. The van der Waals surface area contributed by atoms with Crippen LogP contribution in [0.15, 0.2) is 24.4 Å². The van der Waals surface area contributed by atoms with Crippen LogP contribution >= 0.6 is 0 Å². The van der Waals surface area contributed by atoms with Gasteiger partial charge >= 0.3 is 0 Å². The van der Waals surface area contributed by atoms with E-state index in [1.54, 1.807) is 24.4 Å². The van der Waals surface area contributed by atoms with Crippen molar-refractivity contribution in [3.63, 3.8) is 0 Å². The van der Waals surface area contributed by atoms with Gasteiger partial charge in [-0.05, 0) is 31.4 Å². The molecule has 0 aliphatic carbocycles. The van der Waals surface area contributed by atoms with Crippen LogP contribution in [0.3, 0.4) is 0 Å². The van der Waals surface area contributed by atoms with Gasteiger partial charge in [-0.25, -0.2) is 17.7 Å². The lowest BCUT2D eigenvalue weighted by Crippen LogP contribution is -2.44. The lowest BCUT2D eigenvalue weighted by Gasteiger charge is -2.31. The van der Waals surface area contributed by atoms with Gasteiger partial charge in [0, 0.05) is 19.3 Å². The number of hydrogen-bond donors (Lipinski definition) is 1. The minimum atomic E-state index is -3.23. The van der Waals surface area contributed by atoms with Crippen molar-refractivity contribution in [3.05, 3.63) is 24.4 Å². The van der Waals surface area contributed by atoms with E-state index in [-0.39, 0.29) is 24.1 Å². The second-order valence-electron chi connectivity index (χ2n) is 5.22. The van der Waals surface area contributed by atoms with Crippen LogP contribution in [-0.4, -0.2) is 42.5 Å². The molecule has 1 amide bonds. The van der Waals surface area contributed by atoms with E-state index in [1.165, 1.54) is 4.31 Å². The fraction of sp³-hybridized carbons (Fsp3) is 0.571. The predicted octanol–water partition coefficient (Wildman–Crippen LogP) is 1.47. The van der Waals surface area contributed by atoms with Crippen LogP contribution in [0.4, 0.5) is 5.82 Å². The molecule has 2 heterocycles. The minimum absolute atomic E-state index is 0.140. The Kier molecular flexibility index (Phi) is 5.30. The standard InChI is InChI=1S/C14H21N3O3S/c1-2-10-21(19,20)17-9-5-6-12(11-17)14(18)16-13-7-3-4-8-15-13/h3-4,7-8,12H,2,5-6,9-11H2,1H3,(H,15,16,18)/t12-/m0/s1. The molecule has 0 unspecified atom stereocenters. The molecule has 1 aliphatic heterocycles. The Hall–Kier alpha value is -1.47. The van der Waals surface area contributed by atoms with Gasteiger partial charge in [0.05, 0.1) is 11.7 Å². The third kappa shape index (κ3) is 4.25. The van der Waals surface area contributed by atoms with Gasteiger partial charge in [-0.2, -0.15) is 0 Å². The lowest BCUT2D eigenvalue weighted by molar-refractivity contribution is -0.120. The van der Waals surface area contributed by atoms with Crippen LogP contribution < -0.4 is 5.32 Å². The molecule has 116 valence electrons. The van der Waals surface area contributed by atoms with E-state index in [1.807, 2.05) is 6.92 Å². The van der Waals surface area contributed by atoms with Crippen LogP contribution in [0.5, 0.6) is 0 Å². The molecule has 1 fully saturated rings. The van der Waals surface area contributed by atoms with Crippen molar-refractivity contribution in [2.24, 2.45) is 5.92 Å². The topological polar surface area (TPSA) is 79.4 Å². The molecule has 1 aromatic rings. The van der Waals surface area contributed by atoms with E-state index in [4.69, 9.17) is 0 Å². The summed E-state index contributed by atoms with van der Waals surface area (Å²) in [7, 11) is -3.23. The zero-order chi connectivity index (χ0) is 15.3. The number of anilines is 1. The minimum Gasteiger partial charge on any atom is -0.310 e. The molecule has 1 aliphatic rings. The second kappa shape index (κ2) is 7.00. The van der Waals surface area contributed by atoms with E-state index in [2.05, 4.69) is 10.3 Å². The average molecular weight is 311 g/mol. The van der Waals surface area contributed by atoms with Crippen molar-refractivity contribution in [1.29, 1.82) is 0 Å². The molecule has 0 radical (unpaired) electrons. The Balaban J connectivity index is 1.99. The fourth-order valence-electron chi connectivity index (χ4n) is 2.46. The average Bonchev–Trinajstić information content (AvgIpc) is 2.48. The van der Waals surface area contributed by atoms with Crippen LogP contribution in [0.2, 0.25) is 0 Å². The molecular formula is C14H21N3O3S. The molecule has 1 N–H and O–H groups in total. The number of pyridine rings is 1. The molecule has 0 spiro atoms. The van der Waals surface area contributed by atoms with Crippen LogP contribution in [-0.2, 0) is 14.8 Å². The smallest absolute Gasteiger partial charge is 0.229 e. The van der Waals surface area contributed by atoms with Crippen LogP contribution in [0.1, 0.15) is 26.2 Å². The SMILES string of the molecule is CCCS(=O)(=O)N1CCC[C@H](C(=O)Nc2ccccn2)C1. The van der Waals surface area contributed by atoms with Crippen molar-refractivity contribution < 1.29 is 13.2 Å². The monoisotopic (exact) mass is 311 g/mol. The molecule has 6 nitrogen and oxygen atoms in total. The summed E-state index contributed by atoms with van der Waals surface area (Å²) in [5, 5.41) is 2.74. The molecule has 1 atom stereocenters. The summed E-state index contributed by atoms with van der Waals surface area (Å²) in [6, 6.07) is 5.28. The highest BCUT2D eigenvalue weighted by molar-refractivity contribution is 7.89. The number of hydrogen-bond acceptors (Lipinski definition) is 4. The number of piperidine rings is 1. The number of amides is 1. The normalized spacial score (nSPS) is 20.1. The molecule has 7 heteroatoms. The van der Waals surface area contributed by atoms with Gasteiger partial charge in [-0.3, -0.25) is 4.79 Å². The summed E-state index contributed by atoms with van der Waals surface area (Å²) < 4.78 is 25.6. The Bertz CT molecular complexity index is 574. The highest BCUT2D eigenvalue weighted by Crippen LogP contribution is 2.21. The van der Waals surface area contributed by atoms with Gasteiger partial charge in [0.15, 0.2) is 0 Å². The maximum Gasteiger partial charge on any atom is 0.229 e. The first-order valence-electron chi connectivity index (χ1n) is 7.22. The van der Waals surface area contributed by atoms with Crippen molar-refractivity contribution in [1.82, 2.24) is 9.29 Å². The molecule has 0 aromatic carbocycles. The second-order valence-corrected chi connectivity index (χ2v) is 7.31. The van der Waals surface area contributed by atoms with E-state index in [0.717, 1.165) is 0 Å². The maximum atomic E-state index is 12.2. The van der Waals surface area contributed by atoms with Crippen LogP contribution in [0, 0.1) is 5.92 Å². The van der Waals surface area contributed by atoms with E-state index >= 15 is 0 Å². The molecule has 21 heavy (non-hydrogen) atoms. The van der Waals surface area contributed by atoms with Crippen LogP contribution in [0.25, 0.3) is 0 Å². The third-order valence-electron chi connectivity index (χ3n) is 3.53. The summed E-state index contributed by atoms with van der Waals surface area (Å²) in [6.45, 7) is 2.61. The van der Waals surface area contributed by atoms with Crippen molar-refractivity contribution in [3.8, 4) is 0 Å². The number of aromatic nitrogens is 1. The summed E-state index contributed by atoms with van der Waals surface area (Å²) >= 11 is 0. The quantitative estimate of drug-likeness (QED) is 0.893. The fourth-order valence-corrected chi connectivity index (χ4v) is 4.05. The van der Waals surface area contributed by atoms with Crippen molar-refractivity contribution in [2.75, 3.05) is 24.2 Å². The highest BCUT2D eigenvalue weighted by atomic mass is 32.2. The largest absolute Gasteiger partial charge is 0.310 e. The first-order chi connectivity index (χ1) is 10.0. The summed E-state index contributed by atoms with van der Waals surface area (Å²) in [5.74, 6) is 0.162. The third-order valence-corrected chi connectivity index (χ3v) is 5.57. The molecular weight excluding hydrogens is 290 g/mol. The van der Waals surface area contributed by atoms with Gasteiger partial charge in [-0.1, -0.05) is 13.0 Å². The Morgan fingerprint density at radius 1 is 1.48 bits per heavy atom. The number of carbonyl (C=O) groups excluding carboxylic acids is 1. The summed E-state index contributed by atoms with van der Waals surface area (Å²) in [6.07, 6.45) is 3.61. The van der Waals surface area contributed by atoms with Crippen molar-refractivity contribution in [2.45, 2.75) is 26.2 Å². The molecule has 0 saturated carbocycles. The zero-order valence-corrected chi connectivity index (χ0v) is 13.0. The number of nitrogens with one attached hydrogen (secondary N) is 1. The lowest BCUT2D eigenvalue weighted by atomic mass is 9.99. The van der Waals surface area contributed by atoms with E-state index in [9.17, 15) is 13.2 Å².